The lowest BCUT2D eigenvalue weighted by Gasteiger charge is -2.35. The van der Waals surface area contributed by atoms with E-state index in [1.807, 2.05) is 19.9 Å². The number of aryl methyl sites for hydroxylation is 2. The van der Waals surface area contributed by atoms with Crippen LogP contribution in [0.3, 0.4) is 0 Å². The fourth-order valence-corrected chi connectivity index (χ4v) is 4.48. The molecule has 1 unspecified atom stereocenters. The van der Waals surface area contributed by atoms with Gasteiger partial charge in [-0.25, -0.2) is 22.9 Å². The second kappa shape index (κ2) is 7.67. The minimum atomic E-state index is -3.15. The lowest BCUT2D eigenvalue weighted by molar-refractivity contribution is 0.171. The monoisotopic (exact) mass is 391 g/mol. The van der Waals surface area contributed by atoms with Crippen LogP contribution < -0.4 is 5.32 Å². The Kier molecular flexibility index (Phi) is 5.50. The van der Waals surface area contributed by atoms with Crippen LogP contribution in [-0.4, -0.2) is 58.7 Å². The molecule has 0 spiro atoms. The maximum absolute atomic E-state index is 12.7. The summed E-state index contributed by atoms with van der Waals surface area (Å²) in [4.78, 5) is 18.6. The molecular weight excluding hydrogens is 366 g/mol. The van der Waals surface area contributed by atoms with E-state index < -0.39 is 9.84 Å². The van der Waals surface area contributed by atoms with Crippen LogP contribution in [0, 0.1) is 13.8 Å². The molecule has 9 heteroatoms. The highest BCUT2D eigenvalue weighted by molar-refractivity contribution is 7.90. The molecule has 0 bridgehead atoms. The summed E-state index contributed by atoms with van der Waals surface area (Å²) in [6, 6.07) is 4.96. The molecule has 1 saturated heterocycles. The summed E-state index contributed by atoms with van der Waals surface area (Å²) in [5.41, 5.74) is 2.45. The van der Waals surface area contributed by atoms with E-state index in [2.05, 4.69) is 15.4 Å². The average molecular weight is 391 g/mol. The van der Waals surface area contributed by atoms with E-state index in [0.717, 1.165) is 24.2 Å². The zero-order chi connectivity index (χ0) is 19.6. The minimum Gasteiger partial charge on any atom is -0.321 e. The van der Waals surface area contributed by atoms with Crippen LogP contribution in [0.5, 0.6) is 0 Å². The number of hydrogen-bond acceptors (Lipinski definition) is 5. The molecule has 0 radical (unpaired) electrons. The number of pyridine rings is 1. The van der Waals surface area contributed by atoms with Gasteiger partial charge in [0.05, 0.1) is 23.3 Å². The molecule has 2 aromatic heterocycles. The number of likely N-dealkylation sites (tertiary alicyclic amines) is 1. The topological polar surface area (TPSA) is 97.2 Å². The van der Waals surface area contributed by atoms with Gasteiger partial charge in [-0.3, -0.25) is 0 Å². The summed E-state index contributed by atoms with van der Waals surface area (Å²) in [7, 11) is -3.15. The van der Waals surface area contributed by atoms with E-state index in [4.69, 9.17) is 0 Å². The van der Waals surface area contributed by atoms with Gasteiger partial charge in [-0.1, -0.05) is 0 Å². The van der Waals surface area contributed by atoms with Crippen molar-refractivity contribution in [1.82, 2.24) is 19.7 Å². The molecule has 1 aliphatic rings. The number of carbonyl (C=O) groups is 1. The molecule has 3 rings (SSSR count). The predicted molar refractivity (Wildman–Crippen MR) is 104 cm³/mol. The number of hydrogen-bond donors (Lipinski definition) is 1. The number of amides is 2. The molecule has 0 aliphatic carbocycles. The van der Waals surface area contributed by atoms with Crippen LogP contribution in [0.2, 0.25) is 0 Å². The number of anilines is 1. The Hall–Kier alpha value is -2.42. The number of rotatable bonds is 4. The van der Waals surface area contributed by atoms with Gasteiger partial charge in [0, 0.05) is 24.5 Å². The SMILES string of the molecule is Cc1cc(C)n(-c2ccc(NC(=O)N3CCCCC3CS(C)(=O)=O)cn2)n1. The van der Waals surface area contributed by atoms with Crippen molar-refractivity contribution in [3.05, 3.63) is 35.8 Å². The largest absolute Gasteiger partial charge is 0.322 e. The first-order valence-electron chi connectivity index (χ1n) is 8.98. The number of aromatic nitrogens is 3. The first-order chi connectivity index (χ1) is 12.7. The molecule has 0 aromatic carbocycles. The van der Waals surface area contributed by atoms with Gasteiger partial charge >= 0.3 is 6.03 Å². The number of nitrogens with one attached hydrogen (secondary N) is 1. The van der Waals surface area contributed by atoms with Crippen LogP contribution in [0.25, 0.3) is 5.82 Å². The van der Waals surface area contributed by atoms with E-state index in [-0.39, 0.29) is 17.8 Å². The van der Waals surface area contributed by atoms with Gasteiger partial charge in [0.25, 0.3) is 0 Å². The highest BCUT2D eigenvalue weighted by Crippen LogP contribution is 2.20. The van der Waals surface area contributed by atoms with E-state index in [9.17, 15) is 13.2 Å². The third kappa shape index (κ3) is 4.85. The molecule has 1 N–H and O–H groups in total. The fraction of sp³-hybridized carbons (Fsp3) is 0.500. The Bertz CT molecular complexity index is 921. The second-order valence-electron chi connectivity index (χ2n) is 7.11. The van der Waals surface area contributed by atoms with Gasteiger partial charge < -0.3 is 10.2 Å². The maximum atomic E-state index is 12.7. The lowest BCUT2D eigenvalue weighted by atomic mass is 10.0. The summed E-state index contributed by atoms with van der Waals surface area (Å²) >= 11 is 0. The first-order valence-corrected chi connectivity index (χ1v) is 11.0. The molecule has 1 fully saturated rings. The van der Waals surface area contributed by atoms with E-state index in [1.165, 1.54) is 6.26 Å². The molecule has 27 heavy (non-hydrogen) atoms. The standard InChI is InChI=1S/C18H25N5O3S/c1-13-10-14(2)23(21-13)17-8-7-15(11-19-17)20-18(24)22-9-5-4-6-16(22)12-27(3,25)26/h7-8,10-11,16H,4-6,9,12H2,1-3H3,(H,20,24). The Morgan fingerprint density at radius 1 is 1.30 bits per heavy atom. The number of urea groups is 1. The van der Waals surface area contributed by atoms with Gasteiger partial charge in [-0.15, -0.1) is 0 Å². The van der Waals surface area contributed by atoms with Crippen molar-refractivity contribution in [2.75, 3.05) is 23.9 Å². The predicted octanol–water partition coefficient (Wildman–Crippen LogP) is 2.32. The Morgan fingerprint density at radius 3 is 2.67 bits per heavy atom. The van der Waals surface area contributed by atoms with Crippen LogP contribution in [-0.2, 0) is 9.84 Å². The molecule has 1 aliphatic heterocycles. The van der Waals surface area contributed by atoms with Gasteiger partial charge in [0.15, 0.2) is 5.82 Å². The smallest absolute Gasteiger partial charge is 0.321 e. The van der Waals surface area contributed by atoms with E-state index >= 15 is 0 Å². The third-order valence-corrected chi connectivity index (χ3v) is 5.60. The Balaban J connectivity index is 1.70. The molecule has 146 valence electrons. The fourth-order valence-electron chi connectivity index (χ4n) is 3.43. The highest BCUT2D eigenvalue weighted by Gasteiger charge is 2.29. The number of sulfone groups is 1. The van der Waals surface area contributed by atoms with Crippen LogP contribution in [0.1, 0.15) is 30.7 Å². The van der Waals surface area contributed by atoms with Crippen LogP contribution in [0.4, 0.5) is 10.5 Å². The number of carbonyl (C=O) groups excluding carboxylic acids is 1. The normalized spacial score (nSPS) is 17.7. The Labute approximate surface area is 159 Å². The molecule has 2 aromatic rings. The summed E-state index contributed by atoms with van der Waals surface area (Å²) in [6.45, 7) is 4.43. The van der Waals surface area contributed by atoms with E-state index in [0.29, 0.717) is 24.5 Å². The van der Waals surface area contributed by atoms with Gasteiger partial charge in [0.1, 0.15) is 9.84 Å². The quantitative estimate of drug-likeness (QED) is 0.863. The summed E-state index contributed by atoms with van der Waals surface area (Å²) in [5, 5.41) is 7.22. The number of piperidine rings is 1. The van der Waals surface area contributed by atoms with Gasteiger partial charge in [0.2, 0.25) is 0 Å². The number of nitrogens with zero attached hydrogens (tertiary/aromatic N) is 4. The van der Waals surface area contributed by atoms with Crippen molar-refractivity contribution in [1.29, 1.82) is 0 Å². The molecule has 0 saturated carbocycles. The second-order valence-corrected chi connectivity index (χ2v) is 9.29. The first kappa shape index (κ1) is 19.3. The zero-order valence-corrected chi connectivity index (χ0v) is 16.7. The van der Waals surface area contributed by atoms with Gasteiger partial charge in [-0.2, -0.15) is 5.10 Å². The molecule has 1 atom stereocenters. The molecule has 2 amide bonds. The Morgan fingerprint density at radius 2 is 2.07 bits per heavy atom. The maximum Gasteiger partial charge on any atom is 0.322 e. The van der Waals surface area contributed by atoms with Gasteiger partial charge in [-0.05, 0) is 51.3 Å². The van der Waals surface area contributed by atoms with Crippen LogP contribution in [0.15, 0.2) is 24.4 Å². The van der Waals surface area contributed by atoms with Crippen molar-refractivity contribution < 1.29 is 13.2 Å². The summed E-state index contributed by atoms with van der Waals surface area (Å²) < 4.78 is 25.0. The van der Waals surface area contributed by atoms with Crippen LogP contribution >= 0.6 is 0 Å². The molecular formula is C18H25N5O3S. The van der Waals surface area contributed by atoms with Crippen molar-refractivity contribution in [3.63, 3.8) is 0 Å². The summed E-state index contributed by atoms with van der Waals surface area (Å²) in [5.74, 6) is 0.668. The third-order valence-electron chi connectivity index (χ3n) is 4.61. The summed E-state index contributed by atoms with van der Waals surface area (Å²) in [6.07, 6.45) is 5.31. The average Bonchev–Trinajstić information content (AvgIpc) is 2.93. The minimum absolute atomic E-state index is 0.00443. The van der Waals surface area contributed by atoms with Crippen molar-refractivity contribution in [3.8, 4) is 5.82 Å². The zero-order valence-electron chi connectivity index (χ0n) is 15.8. The lowest BCUT2D eigenvalue weighted by Crippen LogP contribution is -2.48. The highest BCUT2D eigenvalue weighted by atomic mass is 32.2. The molecule has 3 heterocycles. The van der Waals surface area contributed by atoms with Crippen molar-refractivity contribution in [2.45, 2.75) is 39.2 Å². The van der Waals surface area contributed by atoms with E-state index in [1.54, 1.807) is 27.9 Å². The van der Waals surface area contributed by atoms with Crippen molar-refractivity contribution >= 4 is 21.6 Å². The molecule has 8 nitrogen and oxygen atoms in total. The van der Waals surface area contributed by atoms with Crippen molar-refractivity contribution in [2.24, 2.45) is 0 Å².